The molecule has 1 aliphatic carbocycles. The molecule has 0 unspecified atom stereocenters. The molecule has 0 aromatic carbocycles. The van der Waals surface area contributed by atoms with Gasteiger partial charge in [-0.1, -0.05) is 23.2 Å². The van der Waals surface area contributed by atoms with E-state index in [1.165, 1.54) is 6.20 Å². The molecule has 0 bridgehead atoms. The zero-order valence-corrected chi connectivity index (χ0v) is 12.0. The molecule has 0 atom stereocenters. The van der Waals surface area contributed by atoms with Gasteiger partial charge in [0.05, 0.1) is 11.6 Å². The summed E-state index contributed by atoms with van der Waals surface area (Å²) >= 11 is 11.6. The fourth-order valence-electron chi connectivity index (χ4n) is 1.57. The summed E-state index contributed by atoms with van der Waals surface area (Å²) in [7, 11) is 1.80. The number of hydrogen-bond donors (Lipinski definition) is 1. The van der Waals surface area contributed by atoms with Crippen LogP contribution in [0.4, 0.5) is 4.79 Å². The van der Waals surface area contributed by atoms with Gasteiger partial charge in [-0.25, -0.2) is 9.78 Å². The normalized spacial score (nSPS) is 14.1. The van der Waals surface area contributed by atoms with Crippen molar-refractivity contribution in [2.24, 2.45) is 0 Å². The molecule has 2 rings (SSSR count). The lowest BCUT2D eigenvalue weighted by Gasteiger charge is -2.17. The van der Waals surface area contributed by atoms with Crippen LogP contribution in [0, 0.1) is 0 Å². The number of nitrogens with one attached hydrogen (secondary N) is 1. The molecule has 104 valence electrons. The number of urea groups is 1. The van der Waals surface area contributed by atoms with Crippen molar-refractivity contribution in [3.63, 3.8) is 0 Å². The van der Waals surface area contributed by atoms with E-state index in [0.29, 0.717) is 35.1 Å². The summed E-state index contributed by atoms with van der Waals surface area (Å²) in [4.78, 5) is 17.3. The predicted octanol–water partition coefficient (Wildman–Crippen LogP) is 2.57. The van der Waals surface area contributed by atoms with E-state index in [2.05, 4.69) is 10.3 Å². The molecule has 1 N–H and O–H groups in total. The Labute approximate surface area is 121 Å². The van der Waals surface area contributed by atoms with Crippen LogP contribution in [0.2, 0.25) is 10.0 Å². The van der Waals surface area contributed by atoms with Gasteiger partial charge in [0.25, 0.3) is 0 Å². The standard InChI is InChI=1S/C12H15Cl2N3O2/c1-17(9-2-3-9)12(18)15-4-5-19-11-10(14)6-8(13)7-16-11/h6-7,9H,2-5H2,1H3,(H,15,18). The van der Waals surface area contributed by atoms with E-state index in [1.807, 2.05) is 0 Å². The minimum Gasteiger partial charge on any atom is -0.475 e. The largest absolute Gasteiger partial charge is 0.475 e. The first kappa shape index (κ1) is 14.2. The Kier molecular flexibility index (Phi) is 4.71. The molecule has 0 aliphatic heterocycles. The second-order valence-electron chi connectivity index (χ2n) is 4.36. The van der Waals surface area contributed by atoms with Crippen molar-refractivity contribution in [2.75, 3.05) is 20.2 Å². The number of rotatable bonds is 5. The molecule has 1 saturated carbocycles. The van der Waals surface area contributed by atoms with Crippen LogP contribution in [0.3, 0.4) is 0 Å². The smallest absolute Gasteiger partial charge is 0.317 e. The van der Waals surface area contributed by atoms with Crippen molar-refractivity contribution >= 4 is 29.2 Å². The van der Waals surface area contributed by atoms with Gasteiger partial charge in [-0.2, -0.15) is 0 Å². The monoisotopic (exact) mass is 303 g/mol. The van der Waals surface area contributed by atoms with Crippen LogP contribution in [-0.4, -0.2) is 42.2 Å². The molecule has 1 aromatic rings. The maximum atomic E-state index is 11.6. The van der Waals surface area contributed by atoms with Gasteiger partial charge in [0.15, 0.2) is 0 Å². The molecule has 2 amide bonds. The highest BCUT2D eigenvalue weighted by atomic mass is 35.5. The highest BCUT2D eigenvalue weighted by molar-refractivity contribution is 6.35. The molecule has 1 aromatic heterocycles. The van der Waals surface area contributed by atoms with E-state index in [0.717, 1.165) is 12.8 Å². The highest BCUT2D eigenvalue weighted by Crippen LogP contribution is 2.25. The number of carbonyl (C=O) groups is 1. The fourth-order valence-corrected chi connectivity index (χ4v) is 2.00. The lowest BCUT2D eigenvalue weighted by Crippen LogP contribution is -2.40. The van der Waals surface area contributed by atoms with Gasteiger partial charge in [-0.3, -0.25) is 0 Å². The summed E-state index contributed by atoms with van der Waals surface area (Å²) in [6, 6.07) is 1.87. The zero-order valence-electron chi connectivity index (χ0n) is 10.5. The molecule has 1 fully saturated rings. The molecule has 0 saturated heterocycles. The second kappa shape index (κ2) is 6.30. The van der Waals surface area contributed by atoms with E-state index < -0.39 is 0 Å². The zero-order chi connectivity index (χ0) is 13.8. The third-order valence-electron chi connectivity index (χ3n) is 2.81. The summed E-state index contributed by atoms with van der Waals surface area (Å²) in [5.74, 6) is 0.316. The van der Waals surface area contributed by atoms with Crippen LogP contribution in [0.15, 0.2) is 12.3 Å². The number of aromatic nitrogens is 1. The molecule has 19 heavy (non-hydrogen) atoms. The fraction of sp³-hybridized carbons (Fsp3) is 0.500. The van der Waals surface area contributed by atoms with Crippen LogP contribution in [0.25, 0.3) is 0 Å². The topological polar surface area (TPSA) is 54.5 Å². The molecular formula is C12H15Cl2N3O2. The SMILES string of the molecule is CN(C(=O)NCCOc1ncc(Cl)cc1Cl)C1CC1. The molecule has 1 aliphatic rings. The van der Waals surface area contributed by atoms with Crippen molar-refractivity contribution < 1.29 is 9.53 Å². The van der Waals surface area contributed by atoms with Crippen molar-refractivity contribution in [1.82, 2.24) is 15.2 Å². The minimum atomic E-state index is -0.0822. The van der Waals surface area contributed by atoms with Crippen molar-refractivity contribution in [2.45, 2.75) is 18.9 Å². The summed E-state index contributed by atoms with van der Waals surface area (Å²) < 4.78 is 5.36. The number of hydrogen-bond acceptors (Lipinski definition) is 3. The Bertz CT molecular complexity index is 466. The lowest BCUT2D eigenvalue weighted by molar-refractivity contribution is 0.203. The third kappa shape index (κ3) is 4.14. The van der Waals surface area contributed by atoms with Gasteiger partial charge in [0.1, 0.15) is 11.6 Å². The molecule has 7 heteroatoms. The van der Waals surface area contributed by atoms with Gasteiger partial charge in [0, 0.05) is 19.3 Å². The molecule has 5 nitrogen and oxygen atoms in total. The first-order valence-electron chi connectivity index (χ1n) is 6.02. The quantitative estimate of drug-likeness (QED) is 0.851. The average Bonchev–Trinajstić information content (AvgIpc) is 3.19. The van der Waals surface area contributed by atoms with Gasteiger partial charge in [-0.15, -0.1) is 0 Å². The first-order chi connectivity index (χ1) is 9.08. The molecule has 0 radical (unpaired) electrons. The van der Waals surface area contributed by atoms with E-state index >= 15 is 0 Å². The maximum absolute atomic E-state index is 11.6. The number of halogens is 2. The number of amides is 2. The Balaban J connectivity index is 1.70. The van der Waals surface area contributed by atoms with Gasteiger partial charge in [-0.05, 0) is 18.9 Å². The molecule has 1 heterocycles. The van der Waals surface area contributed by atoms with Crippen molar-refractivity contribution in [3.8, 4) is 5.88 Å². The van der Waals surface area contributed by atoms with Crippen molar-refractivity contribution in [1.29, 1.82) is 0 Å². The molecular weight excluding hydrogens is 289 g/mol. The Morgan fingerprint density at radius 3 is 2.95 bits per heavy atom. The van der Waals surface area contributed by atoms with E-state index in [1.54, 1.807) is 18.0 Å². The van der Waals surface area contributed by atoms with Crippen LogP contribution < -0.4 is 10.1 Å². The Hall–Kier alpha value is -1.20. The Morgan fingerprint density at radius 1 is 1.58 bits per heavy atom. The first-order valence-corrected chi connectivity index (χ1v) is 6.78. The second-order valence-corrected chi connectivity index (χ2v) is 5.21. The minimum absolute atomic E-state index is 0.0822. The van der Waals surface area contributed by atoms with E-state index in [9.17, 15) is 4.79 Å². The van der Waals surface area contributed by atoms with Gasteiger partial charge < -0.3 is 15.0 Å². The number of pyridine rings is 1. The van der Waals surface area contributed by atoms with Crippen LogP contribution in [0.5, 0.6) is 5.88 Å². The summed E-state index contributed by atoms with van der Waals surface area (Å²) in [5, 5.41) is 3.58. The number of carbonyl (C=O) groups excluding carboxylic acids is 1. The van der Waals surface area contributed by atoms with E-state index in [-0.39, 0.29) is 6.03 Å². The van der Waals surface area contributed by atoms with Crippen LogP contribution in [0.1, 0.15) is 12.8 Å². The summed E-state index contributed by atoms with van der Waals surface area (Å²) in [6.45, 7) is 0.703. The number of nitrogens with zero attached hydrogens (tertiary/aromatic N) is 2. The summed E-state index contributed by atoms with van der Waals surface area (Å²) in [5.41, 5.74) is 0. The van der Waals surface area contributed by atoms with Crippen molar-refractivity contribution in [3.05, 3.63) is 22.3 Å². The lowest BCUT2D eigenvalue weighted by atomic mass is 10.5. The van der Waals surface area contributed by atoms with Gasteiger partial charge in [0.2, 0.25) is 5.88 Å². The van der Waals surface area contributed by atoms with Crippen LogP contribution >= 0.6 is 23.2 Å². The highest BCUT2D eigenvalue weighted by Gasteiger charge is 2.29. The molecule has 0 spiro atoms. The average molecular weight is 304 g/mol. The Morgan fingerprint density at radius 2 is 2.32 bits per heavy atom. The predicted molar refractivity (Wildman–Crippen MR) is 73.9 cm³/mol. The van der Waals surface area contributed by atoms with E-state index in [4.69, 9.17) is 27.9 Å². The van der Waals surface area contributed by atoms with Crippen LogP contribution in [-0.2, 0) is 0 Å². The van der Waals surface area contributed by atoms with Gasteiger partial charge >= 0.3 is 6.03 Å². The summed E-state index contributed by atoms with van der Waals surface area (Å²) in [6.07, 6.45) is 3.64. The third-order valence-corrected chi connectivity index (χ3v) is 3.28. The number of ether oxygens (including phenoxy) is 1. The maximum Gasteiger partial charge on any atom is 0.317 e.